The second-order valence-corrected chi connectivity index (χ2v) is 4.99. The topological polar surface area (TPSA) is 121 Å². The van der Waals surface area contributed by atoms with Crippen LogP contribution in [-0.2, 0) is 13.1 Å². The second kappa shape index (κ2) is 10.0. The maximum Gasteiger partial charge on any atom is 0.288 e. The Labute approximate surface area is 145 Å². The molecule has 0 aliphatic heterocycles. The van der Waals surface area contributed by atoms with Crippen LogP contribution in [0.25, 0.3) is 0 Å². The van der Waals surface area contributed by atoms with Crippen molar-refractivity contribution in [1.29, 1.82) is 0 Å². The maximum atomic E-state index is 10.4. The van der Waals surface area contributed by atoms with Gasteiger partial charge in [-0.3, -0.25) is 10.1 Å². The number of nitro groups is 1. The molecule has 8 heteroatoms. The zero-order chi connectivity index (χ0) is 16.7. The lowest BCUT2D eigenvalue weighted by Crippen LogP contribution is -1.99. The summed E-state index contributed by atoms with van der Waals surface area (Å²) in [6.45, 7) is 0.643. The molecule has 2 aromatic rings. The molecule has 0 aliphatic carbocycles. The molecular weight excluding hydrogens is 339 g/mol. The van der Waals surface area contributed by atoms with E-state index in [2.05, 4.69) is 0 Å². The minimum absolute atomic E-state index is 0. The Bertz CT molecular complexity index is 666. The number of nitrogens with zero attached hydrogens (tertiary/aromatic N) is 1. The number of nitrogens with two attached hydrogens (primary N) is 3. The van der Waals surface area contributed by atoms with E-state index in [1.165, 1.54) is 6.07 Å². The molecule has 0 spiro atoms. The van der Waals surface area contributed by atoms with Gasteiger partial charge in [-0.1, -0.05) is 54.9 Å². The molecule has 2 aromatic carbocycles. The largest absolute Gasteiger partial charge is 0.398 e. The van der Waals surface area contributed by atoms with Crippen LogP contribution in [0, 0.1) is 10.1 Å². The Morgan fingerprint density at radius 3 is 1.87 bits per heavy atom. The van der Waals surface area contributed by atoms with Gasteiger partial charge in [-0.2, -0.15) is 0 Å². The Morgan fingerprint density at radius 2 is 1.43 bits per heavy atom. The first-order valence-corrected chi connectivity index (χ1v) is 7.02. The molecule has 0 atom stereocenters. The van der Waals surface area contributed by atoms with Crippen LogP contribution in [0.4, 0.5) is 11.4 Å². The molecule has 0 bridgehead atoms. The highest BCUT2D eigenvalue weighted by Gasteiger charge is 2.13. The zero-order valence-electron chi connectivity index (χ0n) is 11.6. The number of halogens is 2. The van der Waals surface area contributed by atoms with Crippen LogP contribution in [0.15, 0.2) is 36.4 Å². The van der Waals surface area contributed by atoms with Gasteiger partial charge in [0.15, 0.2) is 0 Å². The van der Waals surface area contributed by atoms with Gasteiger partial charge in [0.1, 0.15) is 5.02 Å². The van der Waals surface area contributed by atoms with Crippen LogP contribution in [0.1, 0.15) is 18.6 Å². The van der Waals surface area contributed by atoms with E-state index in [4.69, 9.17) is 40.4 Å². The van der Waals surface area contributed by atoms with Crippen LogP contribution in [-0.4, -0.2) is 4.92 Å². The number of nitrogen functional groups attached to an aromatic ring is 1. The summed E-state index contributed by atoms with van der Waals surface area (Å²) in [5.74, 6) is 0. The highest BCUT2D eigenvalue weighted by atomic mass is 35.5. The lowest BCUT2D eigenvalue weighted by Gasteiger charge is -2.01. The molecule has 0 aliphatic rings. The summed E-state index contributed by atoms with van der Waals surface area (Å²) in [4.78, 5) is 9.84. The summed E-state index contributed by atoms with van der Waals surface area (Å²) < 4.78 is 0. The summed E-state index contributed by atoms with van der Waals surface area (Å²) in [6.07, 6.45) is 0. The first kappa shape index (κ1) is 21.1. The number of anilines is 1. The Morgan fingerprint density at radius 1 is 0.957 bits per heavy atom. The Balaban J connectivity index is 0.000000409. The van der Waals surface area contributed by atoms with Gasteiger partial charge in [0.25, 0.3) is 5.69 Å². The van der Waals surface area contributed by atoms with Gasteiger partial charge in [-0.05, 0) is 17.2 Å². The van der Waals surface area contributed by atoms with E-state index in [0.29, 0.717) is 22.8 Å². The number of hydrogen-bond donors (Lipinski definition) is 3. The van der Waals surface area contributed by atoms with Crippen LogP contribution < -0.4 is 17.2 Å². The van der Waals surface area contributed by atoms with E-state index in [0.717, 1.165) is 5.56 Å². The fourth-order valence-electron chi connectivity index (χ4n) is 1.62. The van der Waals surface area contributed by atoms with E-state index in [1.54, 1.807) is 18.2 Å². The van der Waals surface area contributed by atoms with Gasteiger partial charge in [0.05, 0.1) is 15.6 Å². The molecule has 2 rings (SSSR count). The van der Waals surface area contributed by atoms with Crippen LogP contribution in [0.5, 0.6) is 0 Å². The third kappa shape index (κ3) is 5.69. The van der Waals surface area contributed by atoms with Gasteiger partial charge in [-0.25, -0.2) is 0 Å². The normalized spacial score (nSPS) is 9.39. The molecule has 0 fully saturated rings. The molecule has 0 heterocycles. The fourth-order valence-corrected chi connectivity index (χ4v) is 2.10. The summed E-state index contributed by atoms with van der Waals surface area (Å²) in [5, 5.41) is 11.1. The summed E-state index contributed by atoms with van der Waals surface area (Å²) in [7, 11) is 0. The van der Waals surface area contributed by atoms with Crippen LogP contribution in [0.3, 0.4) is 0 Å². The third-order valence-electron chi connectivity index (χ3n) is 2.80. The molecule has 0 aromatic heterocycles. The van der Waals surface area contributed by atoms with Crippen molar-refractivity contribution in [1.82, 2.24) is 0 Å². The van der Waals surface area contributed by atoms with Crippen LogP contribution >= 0.6 is 23.2 Å². The molecule has 23 heavy (non-hydrogen) atoms. The molecule has 6 nitrogen and oxygen atoms in total. The van der Waals surface area contributed by atoms with E-state index >= 15 is 0 Å². The van der Waals surface area contributed by atoms with Crippen molar-refractivity contribution in [2.45, 2.75) is 20.5 Å². The molecule has 0 radical (unpaired) electrons. The summed E-state index contributed by atoms with van der Waals surface area (Å²) in [5.41, 5.74) is 18.2. The molecule has 6 N–H and O–H groups in total. The lowest BCUT2D eigenvalue weighted by atomic mass is 10.2. The minimum Gasteiger partial charge on any atom is -0.398 e. The molecule has 0 unspecified atom stereocenters. The van der Waals surface area contributed by atoms with Gasteiger partial charge < -0.3 is 17.2 Å². The number of nitro benzene ring substituents is 1. The molecule has 0 saturated carbocycles. The first-order chi connectivity index (χ1) is 10.4. The van der Waals surface area contributed by atoms with Gasteiger partial charge >= 0.3 is 0 Å². The van der Waals surface area contributed by atoms with Crippen molar-refractivity contribution in [3.8, 4) is 0 Å². The molecule has 0 amide bonds. The third-order valence-corrected chi connectivity index (χ3v) is 3.70. The van der Waals surface area contributed by atoms with Gasteiger partial charge in [0.2, 0.25) is 0 Å². The van der Waals surface area contributed by atoms with Gasteiger partial charge in [-0.15, -0.1) is 0 Å². The van der Waals surface area contributed by atoms with E-state index < -0.39 is 4.92 Å². The highest BCUT2D eigenvalue weighted by molar-refractivity contribution is 6.34. The van der Waals surface area contributed by atoms with Crippen molar-refractivity contribution in [2.75, 3.05) is 5.73 Å². The average Bonchev–Trinajstić information content (AvgIpc) is 2.50. The molecule has 126 valence electrons. The Kier molecular flexibility index (Phi) is 9.21. The predicted molar refractivity (Wildman–Crippen MR) is 96.5 cm³/mol. The molecular formula is C15H20Cl2N4O2. The lowest BCUT2D eigenvalue weighted by molar-refractivity contribution is -0.384. The van der Waals surface area contributed by atoms with E-state index in [1.807, 2.05) is 12.1 Å². The quantitative estimate of drug-likeness (QED) is 0.438. The zero-order valence-corrected chi connectivity index (χ0v) is 13.1. The second-order valence-electron chi connectivity index (χ2n) is 4.24. The number of benzene rings is 2. The maximum absolute atomic E-state index is 10.4. The van der Waals surface area contributed by atoms with E-state index in [-0.39, 0.29) is 24.7 Å². The summed E-state index contributed by atoms with van der Waals surface area (Å²) in [6, 6.07) is 10.0. The minimum atomic E-state index is -0.526. The number of rotatable bonds is 3. The molecule has 0 saturated heterocycles. The predicted octanol–water partition coefficient (Wildman–Crippen LogP) is 3.72. The van der Waals surface area contributed by atoms with Crippen molar-refractivity contribution < 1.29 is 4.92 Å². The van der Waals surface area contributed by atoms with E-state index in [9.17, 15) is 10.1 Å². The van der Waals surface area contributed by atoms with Crippen molar-refractivity contribution in [2.24, 2.45) is 11.5 Å². The average molecular weight is 359 g/mol. The highest BCUT2D eigenvalue weighted by Crippen LogP contribution is 2.27. The van der Waals surface area contributed by atoms with Crippen molar-refractivity contribution in [3.63, 3.8) is 0 Å². The first-order valence-electron chi connectivity index (χ1n) is 6.27. The van der Waals surface area contributed by atoms with Crippen molar-refractivity contribution in [3.05, 3.63) is 67.7 Å². The van der Waals surface area contributed by atoms with Crippen molar-refractivity contribution >= 4 is 34.6 Å². The Hall–Kier alpha value is -1.86. The monoisotopic (exact) mass is 358 g/mol. The fraction of sp³-hybridized carbons (Fsp3) is 0.200. The SMILES string of the molecule is C.NCc1cccc(N)c1Cl.NCc1cccc([N+](=O)[O-])c1Cl. The standard InChI is InChI=1S/C7H7ClN2O2.C7H9ClN2.CH4/c8-7-5(4-9)2-1-3-6(7)10(11)12;8-7-5(4-9)2-1-3-6(7)10;/h1-3H,4,9H2;1-3H,4,9-10H2;1H4. The summed E-state index contributed by atoms with van der Waals surface area (Å²) >= 11 is 11.5. The number of hydrogen-bond acceptors (Lipinski definition) is 5. The van der Waals surface area contributed by atoms with Gasteiger partial charge in [0, 0.05) is 19.2 Å². The van der Waals surface area contributed by atoms with Crippen LogP contribution in [0.2, 0.25) is 10.0 Å². The smallest absolute Gasteiger partial charge is 0.288 e.